The number of amides is 2. The molecule has 0 saturated carbocycles. The van der Waals surface area contributed by atoms with E-state index in [1.807, 2.05) is 20.8 Å². The number of benzene rings is 3. The van der Waals surface area contributed by atoms with Crippen LogP contribution in [0, 0.1) is 18.7 Å². The van der Waals surface area contributed by atoms with Crippen LogP contribution in [0.4, 0.5) is 10.1 Å². The van der Waals surface area contributed by atoms with Crippen molar-refractivity contribution in [3.63, 3.8) is 0 Å². The summed E-state index contributed by atoms with van der Waals surface area (Å²) in [6.45, 7) is 7.06. The molecule has 9 nitrogen and oxygen atoms in total. The maximum Gasteiger partial charge on any atom is 0.264 e. The topological polar surface area (TPSA) is 105 Å². The van der Waals surface area contributed by atoms with Crippen molar-refractivity contribution in [1.82, 2.24) is 10.2 Å². The number of sulfonamides is 1. The lowest BCUT2D eigenvalue weighted by molar-refractivity contribution is -0.139. The number of hydrogen-bond acceptors (Lipinski definition) is 6. The van der Waals surface area contributed by atoms with Crippen LogP contribution in [0.15, 0.2) is 71.6 Å². The Morgan fingerprint density at radius 2 is 1.52 bits per heavy atom. The lowest BCUT2D eigenvalue weighted by Crippen LogP contribution is -2.51. The number of hydrogen-bond donors (Lipinski definition) is 1. The minimum atomic E-state index is -4.25. The molecule has 0 saturated heterocycles. The molecule has 1 N–H and O–H groups in total. The predicted octanol–water partition coefficient (Wildman–Crippen LogP) is 4.54. The third kappa shape index (κ3) is 8.00. The number of halogens is 1. The summed E-state index contributed by atoms with van der Waals surface area (Å²) in [5.74, 6) is -0.620. The fourth-order valence-electron chi connectivity index (χ4n) is 4.17. The van der Waals surface area contributed by atoms with Gasteiger partial charge in [0.15, 0.2) is 11.5 Å². The van der Waals surface area contributed by atoms with E-state index in [0.29, 0.717) is 17.9 Å². The number of anilines is 1. The Morgan fingerprint density at radius 3 is 2.10 bits per heavy atom. The third-order valence-corrected chi connectivity index (χ3v) is 8.45. The molecule has 0 aliphatic heterocycles. The lowest BCUT2D eigenvalue weighted by Gasteiger charge is -2.32. The Kier molecular flexibility index (Phi) is 10.9. The van der Waals surface area contributed by atoms with E-state index in [9.17, 15) is 22.4 Å². The minimum absolute atomic E-state index is 0.0107. The first-order valence-corrected chi connectivity index (χ1v) is 14.9. The monoisotopic (exact) mass is 599 g/mol. The van der Waals surface area contributed by atoms with Crippen LogP contribution in [0.2, 0.25) is 0 Å². The van der Waals surface area contributed by atoms with Gasteiger partial charge < -0.3 is 19.7 Å². The molecule has 3 aromatic rings. The van der Waals surface area contributed by atoms with E-state index in [0.717, 1.165) is 9.87 Å². The van der Waals surface area contributed by atoms with Crippen LogP contribution in [0.3, 0.4) is 0 Å². The summed E-state index contributed by atoms with van der Waals surface area (Å²) >= 11 is 0. The van der Waals surface area contributed by atoms with Crippen molar-refractivity contribution in [2.45, 2.75) is 45.2 Å². The zero-order valence-corrected chi connectivity index (χ0v) is 25.6. The molecule has 0 heterocycles. The van der Waals surface area contributed by atoms with Gasteiger partial charge >= 0.3 is 0 Å². The van der Waals surface area contributed by atoms with Crippen molar-refractivity contribution in [1.29, 1.82) is 0 Å². The second-order valence-electron chi connectivity index (χ2n) is 10.3. The van der Waals surface area contributed by atoms with Crippen molar-refractivity contribution in [3.8, 4) is 11.5 Å². The highest BCUT2D eigenvalue weighted by Crippen LogP contribution is 2.34. The van der Waals surface area contributed by atoms with Gasteiger partial charge in [-0.3, -0.25) is 13.9 Å². The van der Waals surface area contributed by atoms with Crippen LogP contribution >= 0.6 is 0 Å². The van der Waals surface area contributed by atoms with Crippen molar-refractivity contribution >= 4 is 27.5 Å². The number of carbonyl (C=O) groups excluding carboxylic acids is 2. The van der Waals surface area contributed by atoms with Gasteiger partial charge in [0.1, 0.15) is 18.4 Å². The van der Waals surface area contributed by atoms with Gasteiger partial charge in [0.25, 0.3) is 10.0 Å². The highest BCUT2D eigenvalue weighted by molar-refractivity contribution is 7.92. The van der Waals surface area contributed by atoms with Crippen LogP contribution < -0.4 is 19.1 Å². The molecule has 1 unspecified atom stereocenters. The Morgan fingerprint density at radius 1 is 0.905 bits per heavy atom. The maximum atomic E-state index is 14.0. The number of ether oxygens (including phenoxy) is 2. The van der Waals surface area contributed by atoms with E-state index >= 15 is 0 Å². The first kappa shape index (κ1) is 32.4. The van der Waals surface area contributed by atoms with Gasteiger partial charge in [0.05, 0.1) is 24.8 Å². The normalized spacial score (nSPS) is 12.0. The molecule has 0 aliphatic carbocycles. The summed E-state index contributed by atoms with van der Waals surface area (Å²) in [4.78, 5) is 28.4. The predicted molar refractivity (Wildman–Crippen MR) is 160 cm³/mol. The summed E-state index contributed by atoms with van der Waals surface area (Å²) < 4.78 is 53.3. The van der Waals surface area contributed by atoms with Crippen molar-refractivity contribution in [3.05, 3.63) is 83.7 Å². The number of nitrogens with zero attached hydrogens (tertiary/aromatic N) is 2. The molecule has 0 aromatic heterocycles. The van der Waals surface area contributed by atoms with Gasteiger partial charge in [-0.15, -0.1) is 0 Å². The van der Waals surface area contributed by atoms with Crippen LogP contribution in [0.1, 0.15) is 31.9 Å². The first-order chi connectivity index (χ1) is 19.9. The minimum Gasteiger partial charge on any atom is -0.493 e. The molecule has 3 aromatic carbocycles. The van der Waals surface area contributed by atoms with Crippen LogP contribution in [-0.4, -0.2) is 58.5 Å². The number of nitrogens with one attached hydrogen (secondary N) is 1. The molecule has 42 heavy (non-hydrogen) atoms. The molecule has 1 atom stereocenters. The molecule has 0 bridgehead atoms. The number of methoxy groups -OCH3 is 2. The molecule has 0 radical (unpaired) electrons. The van der Waals surface area contributed by atoms with Gasteiger partial charge in [-0.05, 0) is 61.7 Å². The van der Waals surface area contributed by atoms with Gasteiger partial charge in [0.2, 0.25) is 11.8 Å². The molecular weight excluding hydrogens is 561 g/mol. The lowest BCUT2D eigenvalue weighted by atomic mass is 10.1. The second kappa shape index (κ2) is 14.2. The van der Waals surface area contributed by atoms with E-state index in [1.165, 1.54) is 67.7 Å². The summed E-state index contributed by atoms with van der Waals surface area (Å²) in [6.07, 6.45) is 0. The van der Waals surface area contributed by atoms with E-state index < -0.39 is 40.2 Å². The van der Waals surface area contributed by atoms with Crippen LogP contribution in [0.5, 0.6) is 11.5 Å². The quantitative estimate of drug-likeness (QED) is 0.310. The molecule has 0 fully saturated rings. The molecule has 11 heteroatoms. The first-order valence-electron chi connectivity index (χ1n) is 13.5. The van der Waals surface area contributed by atoms with Gasteiger partial charge in [-0.2, -0.15) is 0 Å². The third-order valence-electron chi connectivity index (χ3n) is 6.66. The van der Waals surface area contributed by atoms with Crippen molar-refractivity contribution < 1.29 is 31.9 Å². The largest absolute Gasteiger partial charge is 0.493 e. The van der Waals surface area contributed by atoms with Crippen molar-refractivity contribution in [2.75, 3.05) is 31.6 Å². The zero-order valence-electron chi connectivity index (χ0n) is 24.8. The van der Waals surface area contributed by atoms with E-state index in [1.54, 1.807) is 25.1 Å². The van der Waals surface area contributed by atoms with Crippen molar-refractivity contribution in [2.24, 2.45) is 5.92 Å². The Bertz CT molecular complexity index is 1480. The number of carbonyl (C=O) groups is 2. The maximum absolute atomic E-state index is 14.0. The van der Waals surface area contributed by atoms with Crippen LogP contribution in [0.25, 0.3) is 0 Å². The highest BCUT2D eigenvalue weighted by atomic mass is 32.2. The Labute approximate surface area is 247 Å². The van der Waals surface area contributed by atoms with Crippen LogP contribution in [-0.2, 0) is 26.2 Å². The zero-order chi connectivity index (χ0) is 31.0. The molecule has 0 spiro atoms. The second-order valence-corrected chi connectivity index (χ2v) is 12.2. The molecule has 3 rings (SSSR count). The smallest absolute Gasteiger partial charge is 0.264 e. The summed E-state index contributed by atoms with van der Waals surface area (Å²) in [7, 11) is -1.37. The average Bonchev–Trinajstić information content (AvgIpc) is 2.97. The summed E-state index contributed by atoms with van der Waals surface area (Å²) in [5, 5.41) is 2.83. The highest BCUT2D eigenvalue weighted by Gasteiger charge is 2.33. The average molecular weight is 600 g/mol. The van der Waals surface area contributed by atoms with E-state index in [4.69, 9.17) is 9.47 Å². The van der Waals surface area contributed by atoms with Gasteiger partial charge in [-0.1, -0.05) is 43.7 Å². The standard InChI is InChI=1S/C31H38FN3O6S/c1-21(2)18-33-31(37)23(4)34(19-24-9-11-25(32)12-10-24)30(36)20-35(26-13-16-28(40-5)29(17-26)41-6)42(38,39)27-14-7-22(3)8-15-27/h7-17,21,23H,18-20H2,1-6H3,(H,33,37). The molecular formula is C31H38FN3O6S. The molecule has 0 aliphatic rings. The fourth-order valence-corrected chi connectivity index (χ4v) is 5.57. The Balaban J connectivity index is 2.07. The molecule has 226 valence electrons. The molecule has 2 amide bonds. The Hall–Kier alpha value is -4.12. The number of rotatable bonds is 13. The van der Waals surface area contributed by atoms with Gasteiger partial charge in [-0.25, -0.2) is 12.8 Å². The van der Waals surface area contributed by atoms with E-state index in [2.05, 4.69) is 5.32 Å². The fraction of sp³-hybridized carbons (Fsp3) is 0.355. The summed E-state index contributed by atoms with van der Waals surface area (Å²) in [6, 6.07) is 15.4. The van der Waals surface area contributed by atoms with E-state index in [-0.39, 0.29) is 28.8 Å². The summed E-state index contributed by atoms with van der Waals surface area (Å²) in [5.41, 5.74) is 1.61. The SMILES string of the molecule is COc1ccc(N(CC(=O)N(Cc2ccc(F)cc2)C(C)C(=O)NCC(C)C)S(=O)(=O)c2ccc(C)cc2)cc1OC. The number of aryl methyl sites for hydroxylation is 1. The van der Waals surface area contributed by atoms with Gasteiger partial charge in [0, 0.05) is 19.2 Å².